The van der Waals surface area contributed by atoms with Crippen molar-refractivity contribution < 1.29 is 8.42 Å². The number of benzene rings is 1. The van der Waals surface area contributed by atoms with E-state index >= 15 is 0 Å². The van der Waals surface area contributed by atoms with Crippen LogP contribution in [0.1, 0.15) is 0 Å². The number of nitrogens with two attached hydrogens (primary N) is 1. The molecule has 0 radical (unpaired) electrons. The largest absolute Gasteiger partial charge is 0.368 e. The summed E-state index contributed by atoms with van der Waals surface area (Å²) in [4.78, 5) is 11.8. The molecule has 24 heavy (non-hydrogen) atoms. The van der Waals surface area contributed by atoms with E-state index in [9.17, 15) is 8.42 Å². The molecule has 4 N–H and O–H groups in total. The Morgan fingerprint density at radius 3 is 2.42 bits per heavy atom. The number of nitrogen functional groups attached to an aromatic ring is 1. The molecule has 0 bridgehead atoms. The quantitative estimate of drug-likeness (QED) is 0.617. The van der Waals surface area contributed by atoms with Crippen molar-refractivity contribution >= 4 is 56.4 Å². The van der Waals surface area contributed by atoms with Crippen LogP contribution in [0.25, 0.3) is 0 Å². The number of sulfonamides is 1. The average molecular weight is 385 g/mol. The number of rotatable bonds is 5. The lowest BCUT2D eigenvalue weighted by Crippen LogP contribution is -2.12. The molecule has 0 fully saturated rings. The zero-order chi connectivity index (χ0) is 16.3. The summed E-state index contributed by atoms with van der Waals surface area (Å²) in [7, 11) is -3.66. The summed E-state index contributed by atoms with van der Waals surface area (Å²) in [6, 6.07) is 7.90. The predicted octanol–water partition coefficient (Wildman–Crippen LogP) is 2.48. The van der Waals surface area contributed by atoms with Gasteiger partial charge in [0.15, 0.2) is 5.13 Å². The van der Waals surface area contributed by atoms with Crippen LogP contribution < -0.4 is 15.8 Å². The first-order valence-electron chi connectivity index (χ1n) is 6.41. The Kier molecular flexibility index (Phi) is 5.54. The van der Waals surface area contributed by atoms with Gasteiger partial charge in [0, 0.05) is 23.5 Å². The van der Waals surface area contributed by atoms with E-state index in [0.29, 0.717) is 16.6 Å². The summed E-state index contributed by atoms with van der Waals surface area (Å²) >= 11 is 1.21. The van der Waals surface area contributed by atoms with Crippen LogP contribution in [0.15, 0.2) is 53.0 Å². The Balaban J connectivity index is 0.00000208. The summed E-state index contributed by atoms with van der Waals surface area (Å²) in [6.45, 7) is 0. The van der Waals surface area contributed by atoms with Crippen molar-refractivity contribution in [3.63, 3.8) is 0 Å². The number of anilines is 4. The molecule has 0 saturated heterocycles. The highest BCUT2D eigenvalue weighted by Gasteiger charge is 2.15. The Bertz CT molecular complexity index is 900. The highest BCUT2D eigenvalue weighted by Crippen LogP contribution is 2.21. The highest BCUT2D eigenvalue weighted by atomic mass is 35.5. The van der Waals surface area contributed by atoms with Crippen molar-refractivity contribution in [2.24, 2.45) is 0 Å². The zero-order valence-electron chi connectivity index (χ0n) is 12.1. The Morgan fingerprint density at radius 1 is 1.04 bits per heavy atom. The van der Waals surface area contributed by atoms with E-state index in [0.717, 1.165) is 0 Å². The molecule has 0 aliphatic heterocycles. The fourth-order valence-electron chi connectivity index (χ4n) is 1.76. The molecule has 0 saturated carbocycles. The summed E-state index contributed by atoms with van der Waals surface area (Å²) < 4.78 is 26.8. The van der Waals surface area contributed by atoms with Crippen molar-refractivity contribution in [2.75, 3.05) is 15.8 Å². The molecular weight excluding hydrogens is 372 g/mol. The lowest BCUT2D eigenvalue weighted by Gasteiger charge is -2.08. The second-order valence-corrected chi connectivity index (χ2v) is 6.97. The van der Waals surface area contributed by atoms with E-state index in [1.165, 1.54) is 35.9 Å². The normalized spacial score (nSPS) is 10.7. The molecule has 8 nitrogen and oxygen atoms in total. The monoisotopic (exact) mass is 384 g/mol. The van der Waals surface area contributed by atoms with Crippen LogP contribution in [0.4, 0.5) is 22.6 Å². The van der Waals surface area contributed by atoms with Gasteiger partial charge < -0.3 is 11.1 Å². The first kappa shape index (κ1) is 17.9. The van der Waals surface area contributed by atoms with E-state index in [-0.39, 0.29) is 23.3 Å². The Hall–Kier alpha value is -2.43. The zero-order valence-corrected chi connectivity index (χ0v) is 14.5. The van der Waals surface area contributed by atoms with Gasteiger partial charge in [0.05, 0.1) is 4.90 Å². The van der Waals surface area contributed by atoms with Gasteiger partial charge in [-0.15, -0.1) is 23.7 Å². The molecule has 11 heteroatoms. The van der Waals surface area contributed by atoms with Crippen molar-refractivity contribution in [3.05, 3.63) is 48.1 Å². The lowest BCUT2D eigenvalue weighted by atomic mass is 10.3. The van der Waals surface area contributed by atoms with Crippen LogP contribution in [0, 0.1) is 0 Å². The van der Waals surface area contributed by atoms with Crippen LogP contribution in [0.2, 0.25) is 0 Å². The van der Waals surface area contributed by atoms with Crippen molar-refractivity contribution in [1.82, 2.24) is 15.0 Å². The minimum Gasteiger partial charge on any atom is -0.368 e. The van der Waals surface area contributed by atoms with Crippen LogP contribution in [0.3, 0.4) is 0 Å². The average Bonchev–Trinajstić information content (AvgIpc) is 3.00. The fourth-order valence-corrected chi connectivity index (χ4v) is 3.55. The SMILES string of the molecule is Cl.Nc1nccc(Nc2ccc(S(=O)(=O)Nc3nccs3)cc2)n1. The third kappa shape index (κ3) is 4.31. The van der Waals surface area contributed by atoms with Crippen LogP contribution in [-0.4, -0.2) is 23.4 Å². The smallest absolute Gasteiger partial charge is 0.263 e. The van der Waals surface area contributed by atoms with Gasteiger partial charge >= 0.3 is 0 Å². The number of nitrogens with zero attached hydrogens (tertiary/aromatic N) is 3. The van der Waals surface area contributed by atoms with Gasteiger partial charge in [0.1, 0.15) is 5.82 Å². The van der Waals surface area contributed by atoms with E-state index in [2.05, 4.69) is 25.0 Å². The molecule has 0 atom stereocenters. The second-order valence-electron chi connectivity index (χ2n) is 4.39. The maximum atomic E-state index is 12.2. The van der Waals surface area contributed by atoms with Gasteiger partial charge in [-0.2, -0.15) is 4.98 Å². The molecule has 2 aromatic heterocycles. The first-order valence-corrected chi connectivity index (χ1v) is 8.77. The fraction of sp³-hybridized carbons (Fsp3) is 0. The van der Waals surface area contributed by atoms with Crippen molar-refractivity contribution in [3.8, 4) is 0 Å². The Labute approximate surface area is 148 Å². The van der Waals surface area contributed by atoms with Crippen LogP contribution in [0.5, 0.6) is 0 Å². The maximum Gasteiger partial charge on any atom is 0.263 e. The molecule has 0 aliphatic carbocycles. The van der Waals surface area contributed by atoms with Gasteiger partial charge in [-0.1, -0.05) is 0 Å². The van der Waals surface area contributed by atoms with Gasteiger partial charge in [-0.3, -0.25) is 4.72 Å². The number of hydrogen-bond acceptors (Lipinski definition) is 8. The molecule has 3 aromatic rings. The molecule has 0 spiro atoms. The third-order valence-electron chi connectivity index (χ3n) is 2.77. The summed E-state index contributed by atoms with van der Waals surface area (Å²) in [5, 5.41) is 5.03. The Morgan fingerprint density at radius 2 is 1.79 bits per heavy atom. The number of nitrogens with one attached hydrogen (secondary N) is 2. The molecule has 0 unspecified atom stereocenters. The van der Waals surface area contributed by atoms with E-state index in [1.807, 2.05) is 0 Å². The van der Waals surface area contributed by atoms with Gasteiger partial charge in [-0.25, -0.2) is 18.4 Å². The van der Waals surface area contributed by atoms with Gasteiger partial charge in [0.2, 0.25) is 5.95 Å². The molecule has 2 heterocycles. The van der Waals surface area contributed by atoms with E-state index < -0.39 is 10.0 Å². The minimum absolute atomic E-state index is 0. The first-order chi connectivity index (χ1) is 11.0. The topological polar surface area (TPSA) is 123 Å². The lowest BCUT2D eigenvalue weighted by molar-refractivity contribution is 0.601. The van der Waals surface area contributed by atoms with Gasteiger partial charge in [0.25, 0.3) is 10.0 Å². The summed E-state index contributed by atoms with van der Waals surface area (Å²) in [6.07, 6.45) is 3.06. The van der Waals surface area contributed by atoms with Crippen LogP contribution >= 0.6 is 23.7 Å². The van der Waals surface area contributed by atoms with Gasteiger partial charge in [-0.05, 0) is 30.3 Å². The third-order valence-corrected chi connectivity index (χ3v) is 4.94. The number of aromatic nitrogens is 3. The van der Waals surface area contributed by atoms with Crippen molar-refractivity contribution in [1.29, 1.82) is 0 Å². The molecular formula is C13H13ClN6O2S2. The molecule has 0 aliphatic rings. The van der Waals surface area contributed by atoms with Crippen LogP contribution in [-0.2, 0) is 10.0 Å². The molecule has 3 rings (SSSR count). The van der Waals surface area contributed by atoms with Crippen molar-refractivity contribution in [2.45, 2.75) is 4.90 Å². The number of halogens is 1. The number of hydrogen-bond donors (Lipinski definition) is 3. The maximum absolute atomic E-state index is 12.2. The summed E-state index contributed by atoms with van der Waals surface area (Å²) in [5.41, 5.74) is 6.18. The second kappa shape index (κ2) is 7.43. The van der Waals surface area contributed by atoms with E-state index in [1.54, 1.807) is 23.6 Å². The molecule has 126 valence electrons. The standard InChI is InChI=1S/C13H12N6O2S2.ClH/c14-12-15-6-5-11(18-12)17-9-1-3-10(4-2-9)23(20,21)19-13-16-7-8-22-13;/h1-8H,(H,16,19)(H3,14,15,17,18);1H. The van der Waals surface area contributed by atoms with E-state index in [4.69, 9.17) is 5.73 Å². The summed E-state index contributed by atoms with van der Waals surface area (Å²) in [5.74, 6) is 0.677. The highest BCUT2D eigenvalue weighted by molar-refractivity contribution is 7.93. The molecule has 0 amide bonds. The number of thiazole rings is 1. The predicted molar refractivity (Wildman–Crippen MR) is 96.3 cm³/mol. The minimum atomic E-state index is -3.66. The molecule has 1 aromatic carbocycles.